The van der Waals surface area contributed by atoms with Gasteiger partial charge in [-0.3, -0.25) is 10.1 Å². The van der Waals surface area contributed by atoms with Crippen LogP contribution in [0.2, 0.25) is 0 Å². The van der Waals surface area contributed by atoms with E-state index in [1.807, 2.05) is 0 Å². The number of rotatable bonds is 2. The Kier molecular flexibility index (Phi) is 4.42. The minimum absolute atomic E-state index is 0.254. The lowest BCUT2D eigenvalue weighted by molar-refractivity contribution is -0.142. The van der Waals surface area contributed by atoms with Crippen molar-refractivity contribution in [3.63, 3.8) is 0 Å². The van der Waals surface area contributed by atoms with E-state index in [0.717, 1.165) is 0 Å². The highest BCUT2D eigenvalue weighted by Crippen LogP contribution is 2.28. The van der Waals surface area contributed by atoms with Gasteiger partial charge in [0.2, 0.25) is 0 Å². The van der Waals surface area contributed by atoms with Crippen LogP contribution >= 0.6 is 11.8 Å². The van der Waals surface area contributed by atoms with E-state index in [9.17, 15) is 13.6 Å². The Morgan fingerprint density at radius 1 is 1.37 bits per heavy atom. The van der Waals surface area contributed by atoms with Crippen molar-refractivity contribution in [1.29, 1.82) is 0 Å². The molecule has 19 heavy (non-hydrogen) atoms. The molecule has 1 saturated heterocycles. The third-order valence-corrected chi connectivity index (χ3v) is 4.25. The maximum Gasteiger partial charge on any atom is 0.323 e. The Balaban J connectivity index is 2.22. The summed E-state index contributed by atoms with van der Waals surface area (Å²) in [5.74, 6) is -0.123. The van der Waals surface area contributed by atoms with Crippen LogP contribution in [-0.4, -0.2) is 30.6 Å². The molecule has 1 aliphatic heterocycles. The first-order chi connectivity index (χ1) is 9.02. The van der Waals surface area contributed by atoms with Gasteiger partial charge in [0.15, 0.2) is 0 Å². The van der Waals surface area contributed by atoms with E-state index in [-0.39, 0.29) is 17.1 Å². The van der Waals surface area contributed by atoms with Crippen LogP contribution in [-0.2, 0) is 9.53 Å². The maximum atomic E-state index is 13.9. The van der Waals surface area contributed by atoms with Crippen LogP contribution in [0.3, 0.4) is 0 Å². The molecule has 0 spiro atoms. The molecular weight excluding hydrogens is 272 g/mol. The molecule has 0 amide bonds. The number of hydrogen-bond acceptors (Lipinski definition) is 4. The zero-order chi connectivity index (χ0) is 14.0. The second-order valence-corrected chi connectivity index (χ2v) is 5.53. The Morgan fingerprint density at radius 2 is 2.11 bits per heavy atom. The molecule has 2 unspecified atom stereocenters. The standard InChI is InChI=1S/C13H15F2NO2S/c1-7-3-10(15)8(4-9(7)14)11-5-19-6-12(16-11)13(17)18-2/h3-4,11-12,16H,5-6H2,1-2H3. The first kappa shape index (κ1) is 14.3. The van der Waals surface area contributed by atoms with Gasteiger partial charge in [0.25, 0.3) is 0 Å². The smallest absolute Gasteiger partial charge is 0.323 e. The lowest BCUT2D eigenvalue weighted by atomic mass is 10.0. The van der Waals surface area contributed by atoms with Crippen LogP contribution in [0, 0.1) is 18.6 Å². The van der Waals surface area contributed by atoms with Crippen LogP contribution in [0.4, 0.5) is 8.78 Å². The van der Waals surface area contributed by atoms with Gasteiger partial charge in [-0.1, -0.05) is 0 Å². The molecule has 6 heteroatoms. The number of nitrogens with one attached hydrogen (secondary N) is 1. The number of carbonyl (C=O) groups excluding carboxylic acids is 1. The average molecular weight is 287 g/mol. The molecule has 2 atom stereocenters. The average Bonchev–Trinajstić information content (AvgIpc) is 2.42. The molecule has 1 aliphatic rings. The van der Waals surface area contributed by atoms with Crippen molar-refractivity contribution in [2.75, 3.05) is 18.6 Å². The highest BCUT2D eigenvalue weighted by Gasteiger charge is 2.30. The highest BCUT2D eigenvalue weighted by molar-refractivity contribution is 7.99. The van der Waals surface area contributed by atoms with Gasteiger partial charge in [0.05, 0.1) is 7.11 Å². The predicted octanol–water partition coefficient (Wildman–Crippen LogP) is 2.19. The van der Waals surface area contributed by atoms with Crippen molar-refractivity contribution in [3.8, 4) is 0 Å². The van der Waals surface area contributed by atoms with Crippen LogP contribution in [0.5, 0.6) is 0 Å². The fraction of sp³-hybridized carbons (Fsp3) is 0.462. The molecule has 0 aromatic heterocycles. The first-order valence-corrected chi connectivity index (χ1v) is 7.05. The summed E-state index contributed by atoms with van der Waals surface area (Å²) in [6, 6.07) is 1.50. The number of methoxy groups -OCH3 is 1. The summed E-state index contributed by atoms with van der Waals surface area (Å²) in [5, 5.41) is 3.01. The van der Waals surface area contributed by atoms with E-state index in [1.165, 1.54) is 37.9 Å². The van der Waals surface area contributed by atoms with Crippen molar-refractivity contribution >= 4 is 17.7 Å². The largest absolute Gasteiger partial charge is 0.468 e. The van der Waals surface area contributed by atoms with E-state index in [2.05, 4.69) is 10.1 Å². The molecule has 1 fully saturated rings. The van der Waals surface area contributed by atoms with Gasteiger partial charge in [-0.05, 0) is 24.6 Å². The summed E-state index contributed by atoms with van der Waals surface area (Å²) < 4.78 is 32.1. The zero-order valence-corrected chi connectivity index (χ0v) is 11.5. The lowest BCUT2D eigenvalue weighted by Crippen LogP contribution is -2.46. The SMILES string of the molecule is COC(=O)C1CSCC(c2cc(F)c(C)cc2F)N1. The van der Waals surface area contributed by atoms with E-state index >= 15 is 0 Å². The van der Waals surface area contributed by atoms with Crippen molar-refractivity contribution in [3.05, 3.63) is 34.9 Å². The van der Waals surface area contributed by atoms with Gasteiger partial charge >= 0.3 is 5.97 Å². The van der Waals surface area contributed by atoms with Gasteiger partial charge in [0.1, 0.15) is 17.7 Å². The van der Waals surface area contributed by atoms with E-state index in [0.29, 0.717) is 11.5 Å². The molecule has 0 radical (unpaired) electrons. The van der Waals surface area contributed by atoms with Crippen molar-refractivity contribution in [2.24, 2.45) is 0 Å². The van der Waals surface area contributed by atoms with Crippen molar-refractivity contribution < 1.29 is 18.3 Å². The quantitative estimate of drug-likeness (QED) is 0.846. The summed E-state index contributed by atoms with van der Waals surface area (Å²) >= 11 is 1.52. The van der Waals surface area contributed by atoms with Crippen LogP contribution < -0.4 is 5.32 Å². The third-order valence-electron chi connectivity index (χ3n) is 3.11. The van der Waals surface area contributed by atoms with Gasteiger partial charge in [-0.15, -0.1) is 0 Å². The molecule has 104 valence electrons. The van der Waals surface area contributed by atoms with E-state index < -0.39 is 23.7 Å². The normalized spacial score (nSPS) is 23.2. The number of benzene rings is 1. The molecule has 1 aromatic carbocycles. The van der Waals surface area contributed by atoms with Crippen LogP contribution in [0.15, 0.2) is 12.1 Å². The molecule has 1 aromatic rings. The molecule has 1 N–H and O–H groups in total. The number of ether oxygens (including phenoxy) is 1. The van der Waals surface area contributed by atoms with E-state index in [1.54, 1.807) is 0 Å². The fourth-order valence-electron chi connectivity index (χ4n) is 2.03. The summed E-state index contributed by atoms with van der Waals surface area (Å²) in [6.45, 7) is 1.52. The number of thioether (sulfide) groups is 1. The Hall–Kier alpha value is -1.14. The van der Waals surface area contributed by atoms with Crippen LogP contribution in [0.25, 0.3) is 0 Å². The molecule has 3 nitrogen and oxygen atoms in total. The molecule has 0 bridgehead atoms. The van der Waals surface area contributed by atoms with Gasteiger partial charge < -0.3 is 4.74 Å². The highest BCUT2D eigenvalue weighted by atomic mass is 32.2. The molecular formula is C13H15F2NO2S. The second-order valence-electron chi connectivity index (χ2n) is 4.46. The van der Waals surface area contributed by atoms with Crippen LogP contribution in [0.1, 0.15) is 17.2 Å². The number of aryl methyl sites for hydroxylation is 1. The number of esters is 1. The van der Waals surface area contributed by atoms with Gasteiger partial charge in [-0.25, -0.2) is 8.78 Å². The summed E-state index contributed by atoms with van der Waals surface area (Å²) in [5.41, 5.74) is 0.526. The molecule has 1 heterocycles. The molecule has 2 rings (SSSR count). The molecule has 0 saturated carbocycles. The van der Waals surface area contributed by atoms with E-state index in [4.69, 9.17) is 0 Å². The molecule has 0 aliphatic carbocycles. The lowest BCUT2D eigenvalue weighted by Gasteiger charge is -2.29. The summed E-state index contributed by atoms with van der Waals surface area (Å²) in [6.07, 6.45) is 0. The van der Waals surface area contributed by atoms with Crippen molar-refractivity contribution in [1.82, 2.24) is 5.32 Å². The zero-order valence-electron chi connectivity index (χ0n) is 10.7. The first-order valence-electron chi connectivity index (χ1n) is 5.90. The Bertz CT molecular complexity index is 496. The summed E-state index contributed by atoms with van der Waals surface area (Å²) in [4.78, 5) is 11.5. The predicted molar refractivity (Wildman–Crippen MR) is 70.1 cm³/mol. The van der Waals surface area contributed by atoms with Gasteiger partial charge in [-0.2, -0.15) is 11.8 Å². The maximum absolute atomic E-state index is 13.9. The van der Waals surface area contributed by atoms with Gasteiger partial charge in [0, 0.05) is 23.1 Å². The fourth-order valence-corrected chi connectivity index (χ4v) is 3.15. The topological polar surface area (TPSA) is 38.3 Å². The number of hydrogen-bond donors (Lipinski definition) is 1. The second kappa shape index (κ2) is 5.88. The third kappa shape index (κ3) is 3.06. The minimum atomic E-state index is -0.488. The number of carbonyl (C=O) groups is 1. The van der Waals surface area contributed by atoms with Crippen molar-refractivity contribution in [2.45, 2.75) is 19.0 Å². The summed E-state index contributed by atoms with van der Waals surface area (Å²) in [7, 11) is 1.31. The monoisotopic (exact) mass is 287 g/mol. The Labute approximate surface area is 114 Å². The number of halogens is 2. The Morgan fingerprint density at radius 3 is 2.79 bits per heavy atom. The minimum Gasteiger partial charge on any atom is -0.468 e.